The maximum Gasteiger partial charge on any atom is 0.255 e. The number of rotatable bonds is 7. The molecule has 142 valence electrons. The quantitative estimate of drug-likeness (QED) is 0.629. The van der Waals surface area contributed by atoms with Gasteiger partial charge >= 0.3 is 0 Å². The molecule has 0 atom stereocenters. The summed E-state index contributed by atoms with van der Waals surface area (Å²) < 4.78 is 24.6. The third-order valence-electron chi connectivity index (χ3n) is 4.04. The van der Waals surface area contributed by atoms with Crippen molar-refractivity contribution in [2.45, 2.75) is 30.6 Å². The molecule has 27 heavy (non-hydrogen) atoms. The van der Waals surface area contributed by atoms with Crippen molar-refractivity contribution >= 4 is 27.3 Å². The number of carbonyl (C=O) groups is 1. The first-order valence-corrected chi connectivity index (χ1v) is 10.7. The van der Waals surface area contributed by atoms with E-state index in [1.54, 1.807) is 12.3 Å². The van der Waals surface area contributed by atoms with Crippen molar-refractivity contribution in [3.8, 4) is 0 Å². The van der Waals surface area contributed by atoms with Crippen LogP contribution in [0.15, 0.2) is 52.9 Å². The van der Waals surface area contributed by atoms with E-state index in [4.69, 9.17) is 5.14 Å². The molecule has 0 aliphatic rings. The Kier molecular flexibility index (Phi) is 5.73. The Morgan fingerprint density at radius 1 is 1.22 bits per heavy atom. The fourth-order valence-corrected chi connectivity index (χ4v) is 4.45. The molecule has 1 aromatic carbocycles. The van der Waals surface area contributed by atoms with Crippen molar-refractivity contribution in [1.82, 2.24) is 15.1 Å². The first-order chi connectivity index (χ1) is 12.9. The first-order valence-electron chi connectivity index (χ1n) is 8.36. The zero-order chi connectivity index (χ0) is 19.4. The number of nitrogens with one attached hydrogen (secondary N) is 1. The summed E-state index contributed by atoms with van der Waals surface area (Å²) in [7, 11) is -3.72. The summed E-state index contributed by atoms with van der Waals surface area (Å²) in [5, 5.41) is 12.3. The molecule has 9 heteroatoms. The smallest absolute Gasteiger partial charge is 0.255 e. The highest BCUT2D eigenvalue weighted by Gasteiger charge is 2.17. The third kappa shape index (κ3) is 4.62. The maximum atomic E-state index is 12.6. The summed E-state index contributed by atoms with van der Waals surface area (Å²) in [5.41, 5.74) is 2.49. The standard InChI is InChI=1S/C18H20N4O3S2/c1-2-16-15(11-21-22(16)12-13-6-4-3-5-7-13)18(23)20-10-14-8-9-17(26-14)27(19,24)25/h3-9,11H,2,10,12H2,1H3,(H,20,23)(H2,19,24,25). The number of primary sulfonamides is 1. The second kappa shape index (κ2) is 8.03. The Balaban J connectivity index is 1.70. The van der Waals surface area contributed by atoms with Crippen LogP contribution in [0.5, 0.6) is 0 Å². The average molecular weight is 405 g/mol. The Labute approximate surface area is 161 Å². The Morgan fingerprint density at radius 2 is 1.96 bits per heavy atom. The van der Waals surface area contributed by atoms with Crippen LogP contribution in [0.4, 0.5) is 0 Å². The molecule has 0 saturated heterocycles. The van der Waals surface area contributed by atoms with Crippen molar-refractivity contribution in [1.29, 1.82) is 0 Å². The Bertz CT molecular complexity index is 1040. The minimum Gasteiger partial charge on any atom is -0.347 e. The first kappa shape index (κ1) is 19.3. The topological polar surface area (TPSA) is 107 Å². The van der Waals surface area contributed by atoms with Gasteiger partial charge in [-0.1, -0.05) is 37.3 Å². The Morgan fingerprint density at radius 3 is 2.59 bits per heavy atom. The fourth-order valence-electron chi connectivity index (χ4n) is 2.73. The van der Waals surface area contributed by atoms with Crippen LogP contribution >= 0.6 is 11.3 Å². The molecule has 0 fully saturated rings. The van der Waals surface area contributed by atoms with Crippen LogP contribution in [0.3, 0.4) is 0 Å². The summed E-state index contributed by atoms with van der Waals surface area (Å²) in [6.45, 7) is 2.80. The van der Waals surface area contributed by atoms with Gasteiger partial charge in [0, 0.05) is 4.88 Å². The molecule has 3 N–H and O–H groups in total. The van der Waals surface area contributed by atoms with E-state index in [1.807, 2.05) is 41.9 Å². The van der Waals surface area contributed by atoms with Crippen LogP contribution in [-0.2, 0) is 29.5 Å². The number of hydrogen-bond donors (Lipinski definition) is 2. The number of benzene rings is 1. The molecule has 3 aromatic rings. The molecule has 2 aromatic heterocycles. The summed E-state index contributed by atoms with van der Waals surface area (Å²) in [6.07, 6.45) is 2.24. The highest BCUT2D eigenvalue weighted by Crippen LogP contribution is 2.20. The molecule has 3 rings (SSSR count). The van der Waals surface area contributed by atoms with Crippen molar-refractivity contribution in [2.75, 3.05) is 0 Å². The van der Waals surface area contributed by atoms with Crippen LogP contribution in [0.2, 0.25) is 0 Å². The molecule has 0 aliphatic heterocycles. The van der Waals surface area contributed by atoms with Gasteiger partial charge in [0.05, 0.1) is 30.5 Å². The van der Waals surface area contributed by atoms with Gasteiger partial charge in [-0.05, 0) is 24.1 Å². The number of nitrogens with zero attached hydrogens (tertiary/aromatic N) is 2. The number of thiophene rings is 1. The minimum atomic E-state index is -3.72. The van der Waals surface area contributed by atoms with E-state index in [1.165, 1.54) is 6.07 Å². The molecule has 0 aliphatic carbocycles. The highest BCUT2D eigenvalue weighted by atomic mass is 32.2. The zero-order valence-electron chi connectivity index (χ0n) is 14.8. The molecule has 1 amide bonds. The zero-order valence-corrected chi connectivity index (χ0v) is 16.4. The van der Waals surface area contributed by atoms with Crippen molar-refractivity contribution < 1.29 is 13.2 Å². The minimum absolute atomic E-state index is 0.0803. The van der Waals surface area contributed by atoms with Gasteiger partial charge in [-0.3, -0.25) is 9.48 Å². The van der Waals surface area contributed by atoms with E-state index < -0.39 is 10.0 Å². The van der Waals surface area contributed by atoms with E-state index in [2.05, 4.69) is 10.4 Å². The monoisotopic (exact) mass is 404 g/mol. The van der Waals surface area contributed by atoms with Gasteiger partial charge in [0.15, 0.2) is 0 Å². The lowest BCUT2D eigenvalue weighted by Gasteiger charge is -2.08. The summed E-state index contributed by atoms with van der Waals surface area (Å²) in [5.74, 6) is -0.239. The SMILES string of the molecule is CCc1c(C(=O)NCc2ccc(S(N)(=O)=O)s2)cnn1Cc1ccccc1. The lowest BCUT2D eigenvalue weighted by molar-refractivity contribution is 0.0950. The van der Waals surface area contributed by atoms with Gasteiger partial charge in [0.2, 0.25) is 10.0 Å². The predicted octanol–water partition coefficient (Wildman–Crippen LogP) is 2.13. The third-order valence-corrected chi connectivity index (χ3v) is 6.57. The van der Waals surface area contributed by atoms with E-state index in [0.717, 1.165) is 22.6 Å². The number of nitrogens with two attached hydrogens (primary N) is 1. The van der Waals surface area contributed by atoms with E-state index in [0.29, 0.717) is 23.4 Å². The number of aromatic nitrogens is 2. The number of carbonyl (C=O) groups excluding carboxylic acids is 1. The van der Waals surface area contributed by atoms with Gasteiger partial charge in [-0.2, -0.15) is 5.10 Å². The number of hydrogen-bond acceptors (Lipinski definition) is 5. The highest BCUT2D eigenvalue weighted by molar-refractivity contribution is 7.91. The van der Waals surface area contributed by atoms with E-state index in [9.17, 15) is 13.2 Å². The average Bonchev–Trinajstić information content (AvgIpc) is 3.27. The van der Waals surface area contributed by atoms with E-state index in [-0.39, 0.29) is 16.7 Å². The van der Waals surface area contributed by atoms with Gasteiger partial charge in [0.25, 0.3) is 5.91 Å². The van der Waals surface area contributed by atoms with Crippen molar-refractivity contribution in [3.63, 3.8) is 0 Å². The molecule has 0 radical (unpaired) electrons. The van der Waals surface area contributed by atoms with Crippen molar-refractivity contribution in [2.24, 2.45) is 5.14 Å². The lowest BCUT2D eigenvalue weighted by Crippen LogP contribution is -2.23. The van der Waals surface area contributed by atoms with Crippen LogP contribution in [-0.4, -0.2) is 24.1 Å². The second-order valence-electron chi connectivity index (χ2n) is 5.95. The largest absolute Gasteiger partial charge is 0.347 e. The van der Waals surface area contributed by atoms with Gasteiger partial charge in [0.1, 0.15) is 4.21 Å². The maximum absolute atomic E-state index is 12.6. The fraction of sp³-hybridized carbons (Fsp3) is 0.222. The van der Waals surface area contributed by atoms with Crippen LogP contribution in [0.1, 0.15) is 33.4 Å². The normalized spacial score (nSPS) is 11.5. The molecule has 0 unspecified atom stereocenters. The molecular formula is C18H20N4O3S2. The molecular weight excluding hydrogens is 384 g/mol. The molecule has 2 heterocycles. The molecule has 0 saturated carbocycles. The van der Waals surface area contributed by atoms with Gasteiger partial charge in [-0.15, -0.1) is 11.3 Å². The van der Waals surface area contributed by atoms with Crippen LogP contribution in [0, 0.1) is 0 Å². The summed E-state index contributed by atoms with van der Waals surface area (Å²) in [6, 6.07) is 13.0. The summed E-state index contributed by atoms with van der Waals surface area (Å²) in [4.78, 5) is 13.3. The van der Waals surface area contributed by atoms with E-state index >= 15 is 0 Å². The predicted molar refractivity (Wildman–Crippen MR) is 104 cm³/mol. The Hall–Kier alpha value is -2.49. The van der Waals surface area contributed by atoms with Gasteiger partial charge < -0.3 is 5.32 Å². The second-order valence-corrected chi connectivity index (χ2v) is 8.91. The molecule has 0 spiro atoms. The summed E-state index contributed by atoms with van der Waals surface area (Å²) >= 11 is 1.05. The van der Waals surface area contributed by atoms with Crippen LogP contribution in [0.25, 0.3) is 0 Å². The van der Waals surface area contributed by atoms with Crippen LogP contribution < -0.4 is 10.5 Å². The van der Waals surface area contributed by atoms with Gasteiger partial charge in [-0.25, -0.2) is 13.6 Å². The molecule has 0 bridgehead atoms. The number of sulfonamides is 1. The van der Waals surface area contributed by atoms with Crippen molar-refractivity contribution in [3.05, 3.63) is 70.4 Å². The molecule has 7 nitrogen and oxygen atoms in total. The lowest BCUT2D eigenvalue weighted by atomic mass is 10.1. The number of amides is 1.